The first-order valence-corrected chi connectivity index (χ1v) is 6.11. The maximum Gasteiger partial charge on any atom is 0.255 e. The average Bonchev–Trinajstić information content (AvgIpc) is 3.18. The minimum Gasteiger partial charge on any atom is -0.379 e. The van der Waals surface area contributed by atoms with Crippen LogP contribution in [0.4, 0.5) is 4.39 Å². The Labute approximate surface area is 106 Å². The van der Waals surface area contributed by atoms with Crippen LogP contribution in [0.15, 0.2) is 18.3 Å². The molecule has 1 aromatic heterocycles. The second-order valence-corrected chi connectivity index (χ2v) is 4.61. The lowest BCUT2D eigenvalue weighted by Crippen LogP contribution is -2.30. The lowest BCUT2D eigenvalue weighted by Gasteiger charge is -2.16. The molecular weight excluding hydrogens is 235 g/mol. The van der Waals surface area contributed by atoms with Gasteiger partial charge in [-0.25, -0.2) is 4.98 Å². The van der Waals surface area contributed by atoms with E-state index in [0.717, 1.165) is 12.5 Å². The van der Waals surface area contributed by atoms with Crippen LogP contribution in [0.1, 0.15) is 23.2 Å². The van der Waals surface area contributed by atoms with Crippen molar-refractivity contribution in [3.63, 3.8) is 0 Å². The van der Waals surface area contributed by atoms with Crippen LogP contribution in [0.5, 0.6) is 0 Å². The highest BCUT2D eigenvalue weighted by Crippen LogP contribution is 2.28. The fourth-order valence-electron chi connectivity index (χ4n) is 1.56. The third kappa shape index (κ3) is 3.77. The molecule has 1 fully saturated rings. The molecule has 0 radical (unpaired) electrons. The van der Waals surface area contributed by atoms with Gasteiger partial charge in [0.15, 0.2) is 0 Å². The predicted octanol–water partition coefficient (Wildman–Crippen LogP) is 1.72. The van der Waals surface area contributed by atoms with E-state index < -0.39 is 5.95 Å². The Morgan fingerprint density at radius 2 is 2.33 bits per heavy atom. The second kappa shape index (κ2) is 5.91. The maximum atomic E-state index is 12.6. The smallest absolute Gasteiger partial charge is 0.255 e. The molecule has 0 N–H and O–H groups in total. The number of pyridine rings is 1. The van der Waals surface area contributed by atoms with Gasteiger partial charge < -0.3 is 9.64 Å². The van der Waals surface area contributed by atoms with Gasteiger partial charge in [0.25, 0.3) is 5.91 Å². The highest BCUT2D eigenvalue weighted by atomic mass is 19.1. The van der Waals surface area contributed by atoms with Crippen LogP contribution in [-0.4, -0.2) is 42.6 Å². The maximum absolute atomic E-state index is 12.6. The lowest BCUT2D eigenvalue weighted by molar-refractivity contribution is 0.0680. The van der Waals surface area contributed by atoms with Crippen LogP contribution in [0.25, 0.3) is 0 Å². The van der Waals surface area contributed by atoms with Gasteiger partial charge in [-0.15, -0.1) is 0 Å². The third-order valence-electron chi connectivity index (χ3n) is 2.94. The van der Waals surface area contributed by atoms with Gasteiger partial charge in [-0.2, -0.15) is 4.39 Å². The van der Waals surface area contributed by atoms with Crippen LogP contribution < -0.4 is 0 Å². The van der Waals surface area contributed by atoms with Crippen molar-refractivity contribution in [2.45, 2.75) is 12.8 Å². The summed E-state index contributed by atoms with van der Waals surface area (Å²) in [7, 11) is 1.70. The van der Waals surface area contributed by atoms with Crippen molar-refractivity contribution in [2.24, 2.45) is 5.92 Å². The van der Waals surface area contributed by atoms with Gasteiger partial charge in [-0.3, -0.25) is 4.79 Å². The summed E-state index contributed by atoms with van der Waals surface area (Å²) in [5.41, 5.74) is 0.390. The zero-order valence-corrected chi connectivity index (χ0v) is 10.4. The standard InChI is InChI=1S/C13H17FN2O2/c1-16(6-7-18-9-10-2-3-10)13(17)11-4-5-12(14)15-8-11/h4-5,8,10H,2-3,6-7,9H2,1H3. The number of ether oxygens (including phenoxy) is 1. The third-order valence-corrected chi connectivity index (χ3v) is 2.94. The number of nitrogens with zero attached hydrogens (tertiary/aromatic N) is 2. The molecule has 4 nitrogen and oxygen atoms in total. The molecule has 1 aromatic rings. The quantitative estimate of drug-likeness (QED) is 0.572. The van der Waals surface area contributed by atoms with E-state index in [9.17, 15) is 9.18 Å². The monoisotopic (exact) mass is 252 g/mol. The van der Waals surface area contributed by atoms with E-state index in [2.05, 4.69) is 4.98 Å². The van der Waals surface area contributed by atoms with Gasteiger partial charge in [-0.1, -0.05) is 0 Å². The molecular formula is C13H17FN2O2. The second-order valence-electron chi connectivity index (χ2n) is 4.61. The summed E-state index contributed by atoms with van der Waals surface area (Å²) in [6.07, 6.45) is 3.77. The number of carbonyl (C=O) groups is 1. The van der Waals surface area contributed by atoms with E-state index in [1.807, 2.05) is 0 Å². The summed E-state index contributed by atoms with van der Waals surface area (Å²) in [5.74, 6) is -0.0215. The Kier molecular flexibility index (Phi) is 4.25. The minimum absolute atomic E-state index is 0.169. The van der Waals surface area contributed by atoms with Gasteiger partial charge in [-0.05, 0) is 30.9 Å². The number of rotatable bonds is 6. The van der Waals surface area contributed by atoms with E-state index in [0.29, 0.717) is 18.7 Å². The van der Waals surface area contributed by atoms with Crippen LogP contribution in [0.3, 0.4) is 0 Å². The van der Waals surface area contributed by atoms with Crippen molar-refractivity contribution in [1.29, 1.82) is 0 Å². The number of amides is 1. The van der Waals surface area contributed by atoms with Crippen LogP contribution >= 0.6 is 0 Å². The average molecular weight is 252 g/mol. The molecule has 0 aromatic carbocycles. The molecule has 98 valence electrons. The van der Waals surface area contributed by atoms with Crippen molar-refractivity contribution in [3.05, 3.63) is 29.8 Å². The summed E-state index contributed by atoms with van der Waals surface area (Å²) >= 11 is 0. The van der Waals surface area contributed by atoms with E-state index in [4.69, 9.17) is 4.74 Å². The Balaban J connectivity index is 1.74. The van der Waals surface area contributed by atoms with Crippen molar-refractivity contribution in [2.75, 3.05) is 26.8 Å². The molecule has 1 amide bonds. The zero-order valence-electron chi connectivity index (χ0n) is 10.4. The van der Waals surface area contributed by atoms with Gasteiger partial charge in [0.2, 0.25) is 5.95 Å². The summed E-state index contributed by atoms with van der Waals surface area (Å²) < 4.78 is 18.1. The first-order valence-electron chi connectivity index (χ1n) is 6.11. The van der Waals surface area contributed by atoms with Gasteiger partial charge in [0.05, 0.1) is 12.2 Å². The number of halogens is 1. The van der Waals surface area contributed by atoms with E-state index in [1.54, 1.807) is 11.9 Å². The first-order chi connectivity index (χ1) is 8.66. The highest BCUT2D eigenvalue weighted by molar-refractivity contribution is 5.93. The normalized spacial score (nSPS) is 14.6. The van der Waals surface area contributed by atoms with Crippen LogP contribution in [0.2, 0.25) is 0 Å². The van der Waals surface area contributed by atoms with Crippen molar-refractivity contribution in [3.8, 4) is 0 Å². The molecule has 2 rings (SSSR count). The lowest BCUT2D eigenvalue weighted by atomic mass is 10.2. The Bertz CT molecular complexity index is 404. The van der Waals surface area contributed by atoms with Crippen LogP contribution in [0, 0.1) is 11.9 Å². The van der Waals surface area contributed by atoms with E-state index >= 15 is 0 Å². The molecule has 1 heterocycles. The summed E-state index contributed by atoms with van der Waals surface area (Å²) in [6, 6.07) is 2.62. The van der Waals surface area contributed by atoms with Gasteiger partial charge in [0.1, 0.15) is 0 Å². The number of likely N-dealkylation sites (N-methyl/N-ethyl adjacent to an activating group) is 1. The molecule has 5 heteroatoms. The SMILES string of the molecule is CN(CCOCC1CC1)C(=O)c1ccc(F)nc1. The number of aromatic nitrogens is 1. The number of hydrogen-bond donors (Lipinski definition) is 0. The predicted molar refractivity (Wildman–Crippen MR) is 64.7 cm³/mol. The summed E-state index contributed by atoms with van der Waals surface area (Å²) in [4.78, 5) is 16.9. The van der Waals surface area contributed by atoms with Gasteiger partial charge >= 0.3 is 0 Å². The molecule has 1 aliphatic carbocycles. The number of carbonyl (C=O) groups excluding carboxylic acids is 1. The highest BCUT2D eigenvalue weighted by Gasteiger charge is 2.21. The van der Waals surface area contributed by atoms with E-state index in [-0.39, 0.29) is 5.91 Å². The summed E-state index contributed by atoms with van der Waals surface area (Å²) in [6.45, 7) is 1.86. The largest absolute Gasteiger partial charge is 0.379 e. The molecule has 0 unspecified atom stereocenters. The molecule has 0 bridgehead atoms. The first kappa shape index (κ1) is 13.0. The van der Waals surface area contributed by atoms with Crippen molar-refractivity contribution >= 4 is 5.91 Å². The Morgan fingerprint density at radius 3 is 2.94 bits per heavy atom. The van der Waals surface area contributed by atoms with Gasteiger partial charge in [0, 0.05) is 26.4 Å². The van der Waals surface area contributed by atoms with E-state index in [1.165, 1.54) is 31.2 Å². The molecule has 1 aliphatic rings. The molecule has 0 aliphatic heterocycles. The molecule has 0 saturated heterocycles. The van der Waals surface area contributed by atoms with Crippen LogP contribution in [-0.2, 0) is 4.74 Å². The minimum atomic E-state index is -0.582. The number of hydrogen-bond acceptors (Lipinski definition) is 3. The zero-order chi connectivity index (χ0) is 13.0. The topological polar surface area (TPSA) is 42.4 Å². The van der Waals surface area contributed by atoms with Crippen molar-refractivity contribution in [1.82, 2.24) is 9.88 Å². The Hall–Kier alpha value is -1.49. The molecule has 1 saturated carbocycles. The molecule has 0 atom stereocenters. The Morgan fingerprint density at radius 1 is 1.56 bits per heavy atom. The van der Waals surface area contributed by atoms with Crippen molar-refractivity contribution < 1.29 is 13.9 Å². The fraction of sp³-hybridized carbons (Fsp3) is 0.538. The molecule has 18 heavy (non-hydrogen) atoms. The fourth-order valence-corrected chi connectivity index (χ4v) is 1.56. The molecule has 0 spiro atoms. The summed E-state index contributed by atoms with van der Waals surface area (Å²) in [5, 5.41) is 0.